The molecule has 0 radical (unpaired) electrons. The second kappa shape index (κ2) is 3.41. The van der Waals surface area contributed by atoms with Gasteiger partial charge in [-0.25, -0.2) is 12.7 Å². The van der Waals surface area contributed by atoms with Gasteiger partial charge in [0.2, 0.25) is 0 Å². The van der Waals surface area contributed by atoms with Crippen LogP contribution in [0.15, 0.2) is 29.4 Å². The lowest BCUT2D eigenvalue weighted by atomic mass is 10.5. The van der Waals surface area contributed by atoms with Gasteiger partial charge in [-0.05, 0) is 12.1 Å². The monoisotopic (exact) mass is 197 g/mol. The van der Waals surface area contributed by atoms with Gasteiger partial charge >= 0.3 is 0 Å². The first-order chi connectivity index (χ1) is 6.09. The number of nitriles is 1. The second-order valence-electron chi connectivity index (χ2n) is 2.26. The number of sulfonamides is 1. The molecule has 0 spiro atoms. The highest BCUT2D eigenvalue weighted by molar-refractivity contribution is 7.89. The van der Waals surface area contributed by atoms with Gasteiger partial charge in [-0.1, -0.05) is 0 Å². The third-order valence-corrected chi connectivity index (χ3v) is 3.07. The molecular formula is C7H7N3O2S. The quantitative estimate of drug-likeness (QED) is 0.501. The molecule has 5 nitrogen and oxygen atoms in total. The van der Waals surface area contributed by atoms with Gasteiger partial charge in [-0.15, -0.1) is 0 Å². The average molecular weight is 197 g/mol. The van der Waals surface area contributed by atoms with E-state index in [-0.39, 0.29) is 4.90 Å². The second-order valence-corrected chi connectivity index (χ2v) is 4.23. The van der Waals surface area contributed by atoms with E-state index >= 15 is 0 Å². The van der Waals surface area contributed by atoms with Gasteiger partial charge in [0.15, 0.2) is 6.19 Å². The van der Waals surface area contributed by atoms with Crippen molar-refractivity contribution in [3.05, 3.63) is 24.5 Å². The summed E-state index contributed by atoms with van der Waals surface area (Å²) in [5.41, 5.74) is 0. The third-order valence-electron chi connectivity index (χ3n) is 1.43. The predicted molar refractivity (Wildman–Crippen MR) is 44.8 cm³/mol. The molecule has 0 unspecified atom stereocenters. The van der Waals surface area contributed by atoms with Crippen molar-refractivity contribution >= 4 is 10.0 Å². The molecule has 0 aliphatic carbocycles. The van der Waals surface area contributed by atoms with Crippen LogP contribution in [-0.2, 0) is 10.0 Å². The largest absolute Gasteiger partial charge is 0.273 e. The van der Waals surface area contributed by atoms with Crippen molar-refractivity contribution in [2.45, 2.75) is 4.90 Å². The summed E-state index contributed by atoms with van der Waals surface area (Å²) in [6.45, 7) is 0. The van der Waals surface area contributed by atoms with Crippen molar-refractivity contribution < 1.29 is 8.42 Å². The van der Waals surface area contributed by atoms with E-state index in [1.807, 2.05) is 0 Å². The summed E-state index contributed by atoms with van der Waals surface area (Å²) in [4.78, 5) is 3.67. The van der Waals surface area contributed by atoms with E-state index in [2.05, 4.69) is 4.98 Å². The topological polar surface area (TPSA) is 74.1 Å². The highest BCUT2D eigenvalue weighted by atomic mass is 32.2. The number of nitrogens with zero attached hydrogens (tertiary/aromatic N) is 3. The summed E-state index contributed by atoms with van der Waals surface area (Å²) in [7, 11) is -2.50. The first-order valence-electron chi connectivity index (χ1n) is 3.37. The highest BCUT2D eigenvalue weighted by Crippen LogP contribution is 2.10. The molecule has 1 heterocycles. The summed E-state index contributed by atoms with van der Waals surface area (Å²) in [5, 5.41) is 8.41. The SMILES string of the molecule is CN(C#N)S(=O)(=O)c1cccnc1. The molecule has 0 aliphatic heterocycles. The minimum Gasteiger partial charge on any atom is -0.263 e. The summed E-state index contributed by atoms with van der Waals surface area (Å²) < 4.78 is 23.4. The number of hydrogen-bond acceptors (Lipinski definition) is 4. The van der Waals surface area contributed by atoms with Gasteiger partial charge in [-0.3, -0.25) is 4.98 Å². The zero-order chi connectivity index (χ0) is 9.90. The highest BCUT2D eigenvalue weighted by Gasteiger charge is 2.18. The Morgan fingerprint density at radius 3 is 2.77 bits per heavy atom. The molecule has 0 bridgehead atoms. The van der Waals surface area contributed by atoms with E-state index in [9.17, 15) is 8.42 Å². The molecule has 0 saturated carbocycles. The van der Waals surface area contributed by atoms with Crippen LogP contribution in [0.1, 0.15) is 0 Å². The summed E-state index contributed by atoms with van der Waals surface area (Å²) in [5.74, 6) is 0. The lowest BCUT2D eigenvalue weighted by Gasteiger charge is -2.08. The van der Waals surface area contributed by atoms with E-state index in [1.54, 1.807) is 0 Å². The molecule has 0 saturated heterocycles. The van der Waals surface area contributed by atoms with Crippen LogP contribution in [0.2, 0.25) is 0 Å². The van der Waals surface area contributed by atoms with Crippen LogP contribution in [0.4, 0.5) is 0 Å². The molecule has 0 aliphatic rings. The van der Waals surface area contributed by atoms with Crippen molar-refractivity contribution in [1.82, 2.24) is 9.29 Å². The molecule has 0 N–H and O–H groups in total. The normalized spacial score (nSPS) is 10.5. The Bertz CT molecular complexity index is 421. The Kier molecular flexibility index (Phi) is 2.49. The van der Waals surface area contributed by atoms with Gasteiger partial charge in [0.05, 0.1) is 0 Å². The van der Waals surface area contributed by atoms with Crippen molar-refractivity contribution in [1.29, 1.82) is 5.26 Å². The van der Waals surface area contributed by atoms with E-state index in [0.717, 1.165) is 0 Å². The van der Waals surface area contributed by atoms with E-state index in [1.165, 1.54) is 37.8 Å². The van der Waals surface area contributed by atoms with Gasteiger partial charge < -0.3 is 0 Å². The molecule has 0 amide bonds. The Morgan fingerprint density at radius 1 is 1.62 bits per heavy atom. The zero-order valence-corrected chi connectivity index (χ0v) is 7.69. The van der Waals surface area contributed by atoms with Crippen LogP contribution in [0, 0.1) is 11.5 Å². The maximum Gasteiger partial charge on any atom is 0.273 e. The fraction of sp³-hybridized carbons (Fsp3) is 0.143. The molecule has 13 heavy (non-hydrogen) atoms. The minimum atomic E-state index is -3.68. The summed E-state index contributed by atoms with van der Waals surface area (Å²) in [6, 6.07) is 2.88. The number of hydrogen-bond donors (Lipinski definition) is 0. The van der Waals surface area contributed by atoms with Crippen molar-refractivity contribution in [3.8, 4) is 6.19 Å². The van der Waals surface area contributed by atoms with Crippen LogP contribution in [-0.4, -0.2) is 24.8 Å². The summed E-state index contributed by atoms with van der Waals surface area (Å²) >= 11 is 0. The molecule has 6 heteroatoms. The molecule has 68 valence electrons. The number of pyridine rings is 1. The van der Waals surface area contributed by atoms with Crippen LogP contribution in [0.5, 0.6) is 0 Å². The molecular weight excluding hydrogens is 190 g/mol. The molecule has 0 atom stereocenters. The summed E-state index contributed by atoms with van der Waals surface area (Å²) in [6.07, 6.45) is 4.18. The Balaban J connectivity index is 3.19. The van der Waals surface area contributed by atoms with Crippen molar-refractivity contribution in [2.24, 2.45) is 0 Å². The Morgan fingerprint density at radius 2 is 2.31 bits per heavy atom. The van der Waals surface area contributed by atoms with Gasteiger partial charge in [0.25, 0.3) is 10.0 Å². The molecule has 1 aromatic heterocycles. The number of aromatic nitrogens is 1. The fourth-order valence-electron chi connectivity index (χ4n) is 0.712. The van der Waals surface area contributed by atoms with Crippen LogP contribution >= 0.6 is 0 Å². The Hall–Kier alpha value is -1.61. The van der Waals surface area contributed by atoms with Crippen LogP contribution in [0.25, 0.3) is 0 Å². The van der Waals surface area contributed by atoms with Crippen molar-refractivity contribution in [3.63, 3.8) is 0 Å². The van der Waals surface area contributed by atoms with E-state index in [4.69, 9.17) is 5.26 Å². The fourth-order valence-corrected chi connectivity index (χ4v) is 1.58. The zero-order valence-electron chi connectivity index (χ0n) is 6.88. The molecule has 1 aromatic rings. The molecule has 0 fully saturated rings. The maximum atomic E-state index is 11.4. The third kappa shape index (κ3) is 1.76. The minimum absolute atomic E-state index is 0.0130. The lowest BCUT2D eigenvalue weighted by Crippen LogP contribution is -2.21. The van der Waals surface area contributed by atoms with Gasteiger partial charge in [0.1, 0.15) is 4.90 Å². The maximum absolute atomic E-state index is 11.4. The molecule has 1 rings (SSSR count). The van der Waals surface area contributed by atoms with E-state index < -0.39 is 10.0 Å². The average Bonchev–Trinajstić information content (AvgIpc) is 2.18. The predicted octanol–water partition coefficient (Wildman–Crippen LogP) is 0.183. The first kappa shape index (κ1) is 9.48. The van der Waals surface area contributed by atoms with E-state index in [0.29, 0.717) is 4.31 Å². The lowest BCUT2D eigenvalue weighted by molar-refractivity contribution is 0.544. The van der Waals surface area contributed by atoms with Crippen molar-refractivity contribution in [2.75, 3.05) is 7.05 Å². The molecule has 0 aromatic carbocycles. The van der Waals surface area contributed by atoms with Gasteiger partial charge in [0, 0.05) is 19.4 Å². The first-order valence-corrected chi connectivity index (χ1v) is 4.81. The smallest absolute Gasteiger partial charge is 0.263 e. The standard InChI is InChI=1S/C7H7N3O2S/c1-10(6-8)13(11,12)7-3-2-4-9-5-7/h2-5H,1H3. The number of rotatable bonds is 2. The Labute approximate surface area is 76.3 Å². The van der Waals surface area contributed by atoms with Gasteiger partial charge in [-0.2, -0.15) is 5.26 Å². The van der Waals surface area contributed by atoms with Crippen LogP contribution < -0.4 is 0 Å². The van der Waals surface area contributed by atoms with Crippen LogP contribution in [0.3, 0.4) is 0 Å².